The van der Waals surface area contributed by atoms with Crippen LogP contribution in [0, 0.1) is 0 Å². The van der Waals surface area contributed by atoms with Crippen LogP contribution in [0.25, 0.3) is 0 Å². The van der Waals surface area contributed by atoms with Crippen molar-refractivity contribution in [1.29, 1.82) is 0 Å². The Kier molecular flexibility index (Phi) is 6.10. The summed E-state index contributed by atoms with van der Waals surface area (Å²) in [6.07, 6.45) is 3.79. The molecular formula is C21H30N6O2. The Hall–Kier alpha value is -2.45. The molecule has 1 fully saturated rings. The Labute approximate surface area is 171 Å². The zero-order chi connectivity index (χ0) is 20.1. The molecule has 8 nitrogen and oxygen atoms in total. The number of carbonyl (C=O) groups is 1. The van der Waals surface area contributed by atoms with Crippen LogP contribution >= 0.6 is 0 Å². The van der Waals surface area contributed by atoms with E-state index >= 15 is 0 Å². The van der Waals surface area contributed by atoms with E-state index in [0.717, 1.165) is 43.9 Å². The van der Waals surface area contributed by atoms with Crippen LogP contribution < -0.4 is 16.0 Å². The maximum atomic E-state index is 12.4. The predicted molar refractivity (Wildman–Crippen MR) is 109 cm³/mol. The maximum absolute atomic E-state index is 12.4. The molecule has 2 amide bonds. The van der Waals surface area contributed by atoms with Crippen LogP contribution in [0.3, 0.4) is 0 Å². The summed E-state index contributed by atoms with van der Waals surface area (Å²) in [4.78, 5) is 12.4. The van der Waals surface area contributed by atoms with Gasteiger partial charge in [0.05, 0.1) is 6.54 Å². The molecule has 1 atom stereocenters. The van der Waals surface area contributed by atoms with Gasteiger partial charge in [-0.25, -0.2) is 4.79 Å². The number of nitrogens with zero attached hydrogens (tertiary/aromatic N) is 3. The van der Waals surface area contributed by atoms with E-state index in [1.165, 1.54) is 5.56 Å². The van der Waals surface area contributed by atoms with Crippen molar-refractivity contribution < 1.29 is 9.53 Å². The molecule has 2 aromatic rings. The standard InChI is InChI=1S/C21H30N6O2/c1-16(17-6-3-2-4-7-17)24-21(9-12-29-13-10-21)15-23-20(28)22-14-19-26-25-18-8-5-11-27(18)19/h2-4,6-7,16,24H,5,8-15H2,1H3,(H2,22,23,28). The smallest absolute Gasteiger partial charge is 0.315 e. The van der Waals surface area contributed by atoms with Crippen molar-refractivity contribution in [2.75, 3.05) is 19.8 Å². The average molecular weight is 399 g/mol. The highest BCUT2D eigenvalue weighted by molar-refractivity contribution is 5.73. The van der Waals surface area contributed by atoms with Crippen LogP contribution in [0.5, 0.6) is 0 Å². The van der Waals surface area contributed by atoms with Gasteiger partial charge in [0.25, 0.3) is 0 Å². The molecule has 3 N–H and O–H groups in total. The summed E-state index contributed by atoms with van der Waals surface area (Å²) in [5.41, 5.74) is 1.06. The highest BCUT2D eigenvalue weighted by Crippen LogP contribution is 2.25. The number of hydrogen-bond acceptors (Lipinski definition) is 5. The lowest BCUT2D eigenvalue weighted by Gasteiger charge is -2.40. The van der Waals surface area contributed by atoms with Crippen molar-refractivity contribution in [3.63, 3.8) is 0 Å². The summed E-state index contributed by atoms with van der Waals surface area (Å²) in [7, 11) is 0. The Bertz CT molecular complexity index is 816. The molecule has 2 aliphatic rings. The number of fused-ring (bicyclic) bond motifs is 1. The number of hydrogen-bond donors (Lipinski definition) is 3. The summed E-state index contributed by atoms with van der Waals surface area (Å²) in [5, 5.41) is 18.1. The lowest BCUT2D eigenvalue weighted by molar-refractivity contribution is 0.0347. The van der Waals surface area contributed by atoms with E-state index in [1.54, 1.807) is 0 Å². The van der Waals surface area contributed by atoms with E-state index in [-0.39, 0.29) is 17.6 Å². The van der Waals surface area contributed by atoms with Gasteiger partial charge in [-0.15, -0.1) is 10.2 Å². The Balaban J connectivity index is 1.32. The second-order valence-electron chi connectivity index (χ2n) is 7.99. The van der Waals surface area contributed by atoms with Crippen LogP contribution in [0.1, 0.15) is 49.4 Å². The fraction of sp³-hybridized carbons (Fsp3) is 0.571. The number of aromatic nitrogens is 3. The molecule has 8 heteroatoms. The van der Waals surface area contributed by atoms with Crippen LogP contribution in [0.15, 0.2) is 30.3 Å². The minimum absolute atomic E-state index is 0.180. The SMILES string of the molecule is CC(NC1(CNC(=O)NCc2nnc3n2CCC3)CCOCC1)c1ccccc1. The predicted octanol–water partition coefficient (Wildman–Crippen LogP) is 1.92. The van der Waals surface area contributed by atoms with Gasteiger partial charge in [-0.1, -0.05) is 30.3 Å². The van der Waals surface area contributed by atoms with Crippen LogP contribution in [-0.4, -0.2) is 46.1 Å². The van der Waals surface area contributed by atoms with Crippen molar-refractivity contribution in [3.05, 3.63) is 47.5 Å². The zero-order valence-corrected chi connectivity index (χ0v) is 17.0. The van der Waals surface area contributed by atoms with Gasteiger partial charge in [-0.3, -0.25) is 0 Å². The van der Waals surface area contributed by atoms with E-state index in [4.69, 9.17) is 4.74 Å². The number of rotatable bonds is 7. The molecule has 29 heavy (non-hydrogen) atoms. The molecule has 0 spiro atoms. The lowest BCUT2D eigenvalue weighted by atomic mass is 9.88. The number of urea groups is 1. The number of ether oxygens (including phenoxy) is 1. The molecule has 3 heterocycles. The van der Waals surface area contributed by atoms with Gasteiger partial charge in [0.1, 0.15) is 5.82 Å². The van der Waals surface area contributed by atoms with E-state index < -0.39 is 0 Å². The summed E-state index contributed by atoms with van der Waals surface area (Å²) in [5.74, 6) is 1.84. The molecule has 1 aromatic heterocycles. The van der Waals surface area contributed by atoms with E-state index in [0.29, 0.717) is 26.3 Å². The molecule has 0 bridgehead atoms. The molecule has 0 radical (unpaired) electrons. The summed E-state index contributed by atoms with van der Waals surface area (Å²) >= 11 is 0. The number of carbonyl (C=O) groups excluding carboxylic acids is 1. The quantitative estimate of drug-likeness (QED) is 0.663. The Morgan fingerprint density at radius 2 is 2.00 bits per heavy atom. The normalized spacial score (nSPS) is 18.8. The first-order valence-electron chi connectivity index (χ1n) is 10.5. The van der Waals surface area contributed by atoms with Crippen molar-refractivity contribution in [3.8, 4) is 0 Å². The Morgan fingerprint density at radius 1 is 1.21 bits per heavy atom. The second-order valence-corrected chi connectivity index (χ2v) is 7.99. The van der Waals surface area contributed by atoms with Crippen LogP contribution in [-0.2, 0) is 24.2 Å². The number of nitrogens with one attached hydrogen (secondary N) is 3. The minimum Gasteiger partial charge on any atom is -0.381 e. The first kappa shape index (κ1) is 19.8. The third kappa shape index (κ3) is 4.76. The summed E-state index contributed by atoms with van der Waals surface area (Å²) < 4.78 is 7.67. The highest BCUT2D eigenvalue weighted by atomic mass is 16.5. The molecule has 2 aliphatic heterocycles. The molecule has 4 rings (SSSR count). The van der Waals surface area contributed by atoms with Gasteiger partial charge in [0, 0.05) is 44.3 Å². The van der Waals surface area contributed by atoms with E-state index in [1.807, 2.05) is 6.07 Å². The van der Waals surface area contributed by atoms with Gasteiger partial charge >= 0.3 is 6.03 Å². The molecular weight excluding hydrogens is 368 g/mol. The number of benzene rings is 1. The van der Waals surface area contributed by atoms with Gasteiger partial charge in [-0.2, -0.15) is 0 Å². The van der Waals surface area contributed by atoms with Crippen LogP contribution in [0.4, 0.5) is 4.79 Å². The molecule has 1 aromatic carbocycles. The van der Waals surface area contributed by atoms with Gasteiger partial charge < -0.3 is 25.3 Å². The van der Waals surface area contributed by atoms with E-state index in [2.05, 4.69) is 61.9 Å². The van der Waals surface area contributed by atoms with Gasteiger partial charge in [0.15, 0.2) is 5.82 Å². The molecule has 1 saturated heterocycles. The first-order valence-corrected chi connectivity index (χ1v) is 10.5. The number of amides is 2. The maximum Gasteiger partial charge on any atom is 0.315 e. The fourth-order valence-corrected chi connectivity index (χ4v) is 4.23. The lowest BCUT2D eigenvalue weighted by Crippen LogP contribution is -2.58. The van der Waals surface area contributed by atoms with Crippen molar-refractivity contribution in [2.24, 2.45) is 0 Å². The largest absolute Gasteiger partial charge is 0.381 e. The van der Waals surface area contributed by atoms with Gasteiger partial charge in [-0.05, 0) is 31.7 Å². The fourth-order valence-electron chi connectivity index (χ4n) is 4.23. The third-order valence-corrected chi connectivity index (χ3v) is 5.95. The van der Waals surface area contributed by atoms with Gasteiger partial charge in [0.2, 0.25) is 0 Å². The molecule has 0 saturated carbocycles. The molecule has 0 aliphatic carbocycles. The Morgan fingerprint density at radius 3 is 2.79 bits per heavy atom. The molecule has 1 unspecified atom stereocenters. The van der Waals surface area contributed by atoms with Crippen molar-refractivity contribution in [1.82, 2.24) is 30.7 Å². The van der Waals surface area contributed by atoms with Crippen molar-refractivity contribution >= 4 is 6.03 Å². The molecule has 156 valence electrons. The third-order valence-electron chi connectivity index (χ3n) is 5.95. The number of aryl methyl sites for hydroxylation is 1. The first-order chi connectivity index (χ1) is 14.2. The van der Waals surface area contributed by atoms with Crippen molar-refractivity contribution in [2.45, 2.75) is 57.3 Å². The second kappa shape index (κ2) is 8.92. The highest BCUT2D eigenvalue weighted by Gasteiger charge is 2.34. The van der Waals surface area contributed by atoms with Crippen LogP contribution in [0.2, 0.25) is 0 Å². The minimum atomic E-state index is -0.180. The van der Waals surface area contributed by atoms with E-state index in [9.17, 15) is 4.79 Å². The summed E-state index contributed by atoms with van der Waals surface area (Å²) in [6.45, 7) is 5.44. The average Bonchev–Trinajstić information content (AvgIpc) is 3.36. The topological polar surface area (TPSA) is 93.1 Å². The zero-order valence-electron chi connectivity index (χ0n) is 17.0. The monoisotopic (exact) mass is 398 g/mol. The summed E-state index contributed by atoms with van der Waals surface area (Å²) in [6, 6.07) is 10.4.